The van der Waals surface area contributed by atoms with Gasteiger partial charge >= 0.3 is 6.09 Å². The lowest BCUT2D eigenvalue weighted by Crippen LogP contribution is -2.55. The molecule has 2 heterocycles. The van der Waals surface area contributed by atoms with Gasteiger partial charge in [-0.25, -0.2) is 27.3 Å². The Morgan fingerprint density at radius 1 is 0.558 bits per heavy atom. The number of β-lactam (4-membered cyclic amide) rings is 1. The molecule has 0 saturated carbocycles. The highest BCUT2D eigenvalue weighted by Crippen LogP contribution is 2.47. The van der Waals surface area contributed by atoms with Crippen LogP contribution in [0.25, 0.3) is 0 Å². The number of nitrogens with one attached hydrogen (secondary N) is 1. The number of imide groups is 1. The molecule has 7 atom stereocenters. The van der Waals surface area contributed by atoms with Crippen molar-refractivity contribution in [3.63, 3.8) is 0 Å². The molecular formula is C61H69F4N3O4S5. The molecule has 0 spiro atoms. The van der Waals surface area contributed by atoms with Gasteiger partial charge in [0.15, 0.2) is 0 Å². The molecule has 7 nitrogen and oxygen atoms in total. The lowest BCUT2D eigenvalue weighted by Gasteiger charge is -2.48. The van der Waals surface area contributed by atoms with Crippen LogP contribution in [0.4, 0.5) is 33.7 Å². The first-order chi connectivity index (χ1) is 34.7. The zero-order valence-electron chi connectivity index (χ0n) is 43.4. The van der Waals surface area contributed by atoms with Gasteiger partial charge in [-0.2, -0.15) is 67.5 Å². The molecule has 0 radical (unpaired) electrons. The summed E-state index contributed by atoms with van der Waals surface area (Å²) < 4.78 is 59.3. The van der Waals surface area contributed by atoms with Crippen LogP contribution in [0.1, 0.15) is 108 Å². The predicted molar refractivity (Wildman–Crippen MR) is 326 cm³/mol. The molecular weight excluding hydrogens is 1080 g/mol. The van der Waals surface area contributed by atoms with Gasteiger partial charge in [0.25, 0.3) is 0 Å². The van der Waals surface area contributed by atoms with Gasteiger partial charge in [0.2, 0.25) is 11.8 Å². The number of benzene rings is 7. The third-order valence-electron chi connectivity index (χ3n) is 14.1. The Kier molecular flexibility index (Phi) is 25.9. The summed E-state index contributed by atoms with van der Waals surface area (Å²) in [6, 6.07) is 49.4. The minimum atomic E-state index is -0.683. The van der Waals surface area contributed by atoms with Crippen LogP contribution in [0.2, 0.25) is 0 Å². The molecule has 0 aliphatic carbocycles. The average Bonchev–Trinajstić information content (AvgIpc) is 3.78. The van der Waals surface area contributed by atoms with Gasteiger partial charge in [0.05, 0.1) is 23.9 Å². The fourth-order valence-electron chi connectivity index (χ4n) is 9.75. The van der Waals surface area contributed by atoms with Gasteiger partial charge in [-0.15, -0.1) is 0 Å². The number of nitrogens with zero attached hydrogens (tertiary/aromatic N) is 2. The lowest BCUT2D eigenvalue weighted by atomic mass is 9.77. The average molecular weight is 1140 g/mol. The van der Waals surface area contributed by atoms with Gasteiger partial charge in [-0.1, -0.05) is 128 Å². The van der Waals surface area contributed by atoms with Crippen molar-refractivity contribution in [1.82, 2.24) is 4.90 Å². The van der Waals surface area contributed by atoms with Crippen LogP contribution < -0.4 is 10.2 Å². The number of amides is 3. The van der Waals surface area contributed by atoms with E-state index >= 15 is 0 Å². The van der Waals surface area contributed by atoms with Crippen LogP contribution in [-0.4, -0.2) is 29.4 Å². The van der Waals surface area contributed by atoms with E-state index in [-0.39, 0.29) is 133 Å². The summed E-state index contributed by atoms with van der Waals surface area (Å²) in [5.41, 5.74) is 8.40. The number of ether oxygens (including phenoxy) is 1. The smallest absolute Gasteiger partial charge is 0.417 e. The predicted octanol–water partition coefficient (Wildman–Crippen LogP) is 15.5. The van der Waals surface area contributed by atoms with E-state index in [1.54, 1.807) is 41.3 Å². The van der Waals surface area contributed by atoms with Crippen molar-refractivity contribution in [1.29, 1.82) is 0 Å². The molecule has 410 valence electrons. The van der Waals surface area contributed by atoms with E-state index in [9.17, 15) is 31.9 Å². The van der Waals surface area contributed by atoms with Gasteiger partial charge in [0.1, 0.15) is 35.9 Å². The Morgan fingerprint density at radius 3 is 1.53 bits per heavy atom. The van der Waals surface area contributed by atoms with Crippen LogP contribution >= 0.6 is 67.5 Å². The van der Waals surface area contributed by atoms with E-state index in [2.05, 4.69) is 36.5 Å². The Bertz CT molecular complexity index is 2930. The molecule has 0 aromatic heterocycles. The highest BCUT2D eigenvalue weighted by Gasteiger charge is 2.48. The van der Waals surface area contributed by atoms with E-state index in [0.717, 1.165) is 51.9 Å². The van der Waals surface area contributed by atoms with Crippen molar-refractivity contribution >= 4 is 96.8 Å². The van der Waals surface area contributed by atoms with Crippen LogP contribution in [-0.2, 0) is 14.3 Å². The summed E-state index contributed by atoms with van der Waals surface area (Å²) >= 11 is 0. The van der Waals surface area contributed by atoms with Crippen LogP contribution in [0, 0.1) is 49.0 Å². The van der Waals surface area contributed by atoms with Crippen molar-refractivity contribution in [2.75, 3.05) is 16.8 Å². The molecule has 2 aliphatic rings. The first kappa shape index (κ1) is 65.5. The highest BCUT2D eigenvalue weighted by molar-refractivity contribution is 7.60. The Hall–Kier alpha value is -5.78. The quantitative estimate of drug-likeness (QED) is 0.0770. The third kappa shape index (κ3) is 16.4. The van der Waals surface area contributed by atoms with Crippen molar-refractivity contribution in [3.05, 3.63) is 238 Å². The fourth-order valence-corrected chi connectivity index (χ4v) is 9.75. The zero-order valence-corrected chi connectivity index (χ0v) is 48.4. The Morgan fingerprint density at radius 2 is 1.01 bits per heavy atom. The molecule has 0 bridgehead atoms. The van der Waals surface area contributed by atoms with Crippen molar-refractivity contribution in [3.8, 4) is 0 Å². The van der Waals surface area contributed by atoms with Crippen LogP contribution in [0.5, 0.6) is 0 Å². The number of cyclic esters (lactones) is 1. The Labute approximate surface area is 485 Å². The molecule has 77 heavy (non-hydrogen) atoms. The van der Waals surface area contributed by atoms with Crippen molar-refractivity contribution < 1.29 is 36.7 Å². The van der Waals surface area contributed by atoms with Crippen molar-refractivity contribution in [2.24, 2.45) is 11.8 Å². The number of carbonyl (C=O) groups excluding carboxylic acids is 3. The van der Waals surface area contributed by atoms with Crippen LogP contribution in [0.3, 0.4) is 0 Å². The summed E-state index contributed by atoms with van der Waals surface area (Å²) in [7, 11) is 0. The molecule has 1 N–H and O–H groups in total. The van der Waals surface area contributed by atoms with Gasteiger partial charge in [0, 0.05) is 11.4 Å². The normalized spacial score (nSPS) is 16.8. The second-order valence-electron chi connectivity index (χ2n) is 19.1. The van der Waals surface area contributed by atoms with E-state index in [0.29, 0.717) is 18.5 Å². The Balaban J connectivity index is 0.000000398. The monoisotopic (exact) mass is 1140 g/mol. The first-order valence-electron chi connectivity index (χ1n) is 24.5. The van der Waals surface area contributed by atoms with E-state index < -0.39 is 24.1 Å². The lowest BCUT2D eigenvalue weighted by molar-refractivity contribution is -0.134. The number of carbonyl (C=O) groups is 3. The highest BCUT2D eigenvalue weighted by atomic mass is 32.1. The van der Waals surface area contributed by atoms with E-state index in [1.807, 2.05) is 87.5 Å². The maximum Gasteiger partial charge on any atom is 0.417 e. The number of aryl methyl sites for hydroxylation is 2. The molecule has 7 aromatic carbocycles. The number of hydrogen-bond donors (Lipinski definition) is 1. The first-order valence-corrected chi connectivity index (χ1v) is 24.5. The number of hydrogen-bond acceptors (Lipinski definition) is 5. The third-order valence-corrected chi connectivity index (χ3v) is 14.1. The molecule has 2 saturated heterocycles. The standard InChI is InChI=1S/C35H34F2N2O3.C26H25F2NO.5H2S/c1-23-8-11-27(12-9-23)33(38-30-19-17-29(37)18-20-30)31(21-10-24(2)25-13-15-28(36)16-14-25)34(40)39-32(22-42-35(39)41)26-6-4-3-5-7-26;1-17-3-6-20(7-4-17)25-24(16-5-18(2)19-8-10-21(27)11-9-19)26(30)29(25)23-14-12-22(28)13-15-23;;;;;/h3-9,11-20,24,31-33,38H,10,21-22H2,1-2H3;3-4,6-15,18,24-25H,5,16H2,1-2H3;5*1H2/t24-,31+,32+,33+;18-,24+,25+;;;;;/m00...../s1. The largest absolute Gasteiger partial charge is 0.446 e. The second kappa shape index (κ2) is 30.4. The second-order valence-corrected chi connectivity index (χ2v) is 19.1. The minimum absolute atomic E-state index is 0. The number of rotatable bonds is 16. The summed E-state index contributed by atoms with van der Waals surface area (Å²) in [4.78, 5) is 43.7. The van der Waals surface area contributed by atoms with Gasteiger partial charge in [-0.05, 0) is 152 Å². The molecule has 3 amide bonds. The summed E-state index contributed by atoms with van der Waals surface area (Å²) in [6.07, 6.45) is 1.94. The summed E-state index contributed by atoms with van der Waals surface area (Å²) in [5, 5.41) is 3.47. The van der Waals surface area contributed by atoms with E-state index in [1.165, 1.54) is 59.0 Å². The maximum atomic E-state index is 14.5. The molecule has 2 aliphatic heterocycles. The maximum absolute atomic E-state index is 14.5. The van der Waals surface area contributed by atoms with Gasteiger partial charge in [-0.3, -0.25) is 9.59 Å². The summed E-state index contributed by atoms with van der Waals surface area (Å²) in [6.45, 7) is 8.25. The fraction of sp³-hybridized carbons (Fsp3) is 0.262. The van der Waals surface area contributed by atoms with E-state index in [4.69, 9.17) is 4.74 Å². The molecule has 7 aromatic rings. The topological polar surface area (TPSA) is 79.0 Å². The zero-order chi connectivity index (χ0) is 50.9. The summed E-state index contributed by atoms with van der Waals surface area (Å²) in [5.74, 6) is -2.05. The minimum Gasteiger partial charge on any atom is -0.446 e. The molecule has 9 rings (SSSR count). The van der Waals surface area contributed by atoms with Gasteiger partial charge < -0.3 is 15.0 Å². The van der Waals surface area contributed by atoms with Crippen molar-refractivity contribution in [2.45, 2.75) is 83.3 Å². The number of halogens is 4. The molecule has 0 unspecified atom stereocenters. The SMILES string of the molecule is Cc1ccc([C@@H](Nc2ccc(F)cc2)[C@@H](CC[C@H](C)c2ccc(F)cc2)C(=O)N2C(=O)OC[C@@H]2c2ccccc2)cc1.Cc1ccc([C@@H]2[C@@H](CC[C@H](C)c3ccc(F)cc3)C(=O)N2c2ccc(F)cc2)cc1.S.S.S.S.S. The molecule has 2 fully saturated rings. The molecule has 16 heteroatoms. The van der Waals surface area contributed by atoms with Crippen LogP contribution in [0.15, 0.2) is 176 Å². The number of anilines is 2.